The van der Waals surface area contributed by atoms with Crippen molar-refractivity contribution >= 4 is 27.5 Å². The lowest BCUT2D eigenvalue weighted by Crippen LogP contribution is -2.22. The minimum atomic E-state index is -4.54. The third kappa shape index (κ3) is 5.12. The summed E-state index contributed by atoms with van der Waals surface area (Å²) >= 11 is 0.940. The number of pyridine rings is 2. The SMILES string of the molecule is COc1cc(CNC(=O)c2sc3nc(C(F)(F)F)ccc3c2C)ccc1OCc1ccncc1. The zero-order valence-electron chi connectivity index (χ0n) is 18.3. The molecule has 0 bridgehead atoms. The summed E-state index contributed by atoms with van der Waals surface area (Å²) in [6, 6.07) is 11.3. The Labute approximate surface area is 197 Å². The number of fused-ring (bicyclic) bond motifs is 1. The van der Waals surface area contributed by atoms with Gasteiger partial charge in [-0.05, 0) is 60.0 Å². The highest BCUT2D eigenvalue weighted by Crippen LogP contribution is 2.34. The lowest BCUT2D eigenvalue weighted by Gasteiger charge is -2.13. The highest BCUT2D eigenvalue weighted by molar-refractivity contribution is 7.20. The van der Waals surface area contributed by atoms with Crippen LogP contribution < -0.4 is 14.8 Å². The maximum atomic E-state index is 13.0. The summed E-state index contributed by atoms with van der Waals surface area (Å²) in [5, 5.41) is 3.34. The van der Waals surface area contributed by atoms with Crippen molar-refractivity contribution in [2.24, 2.45) is 0 Å². The van der Waals surface area contributed by atoms with Crippen LogP contribution >= 0.6 is 11.3 Å². The van der Waals surface area contributed by atoms with Gasteiger partial charge in [-0.1, -0.05) is 6.07 Å². The topological polar surface area (TPSA) is 73.3 Å². The average Bonchev–Trinajstić information content (AvgIpc) is 3.17. The first-order valence-electron chi connectivity index (χ1n) is 10.2. The van der Waals surface area contributed by atoms with E-state index in [2.05, 4.69) is 15.3 Å². The van der Waals surface area contributed by atoms with Crippen LogP contribution in [0.4, 0.5) is 13.2 Å². The van der Waals surface area contributed by atoms with E-state index >= 15 is 0 Å². The highest BCUT2D eigenvalue weighted by Gasteiger charge is 2.33. The molecule has 34 heavy (non-hydrogen) atoms. The van der Waals surface area contributed by atoms with Gasteiger partial charge in [-0.25, -0.2) is 4.98 Å². The molecule has 4 aromatic rings. The molecule has 0 saturated carbocycles. The van der Waals surface area contributed by atoms with Crippen molar-refractivity contribution in [3.63, 3.8) is 0 Å². The van der Waals surface area contributed by atoms with Gasteiger partial charge in [0.2, 0.25) is 0 Å². The number of nitrogens with zero attached hydrogens (tertiary/aromatic N) is 2. The van der Waals surface area contributed by atoms with E-state index in [0.29, 0.717) is 33.9 Å². The lowest BCUT2D eigenvalue weighted by atomic mass is 10.1. The molecular formula is C24H20F3N3O3S. The number of rotatable bonds is 7. The molecule has 0 fully saturated rings. The summed E-state index contributed by atoms with van der Waals surface area (Å²) in [4.78, 5) is 20.9. The number of hydrogen-bond acceptors (Lipinski definition) is 6. The predicted molar refractivity (Wildman–Crippen MR) is 122 cm³/mol. The predicted octanol–water partition coefficient (Wildman–Crippen LogP) is 5.54. The lowest BCUT2D eigenvalue weighted by molar-refractivity contribution is -0.140. The Balaban J connectivity index is 1.45. The minimum absolute atomic E-state index is 0.176. The molecule has 4 rings (SSSR count). The molecule has 1 N–H and O–H groups in total. The van der Waals surface area contributed by atoms with E-state index in [4.69, 9.17) is 9.47 Å². The first kappa shape index (κ1) is 23.5. The van der Waals surface area contributed by atoms with Gasteiger partial charge < -0.3 is 14.8 Å². The van der Waals surface area contributed by atoms with E-state index in [0.717, 1.165) is 28.5 Å². The molecule has 0 aliphatic rings. The van der Waals surface area contributed by atoms with E-state index in [1.54, 1.807) is 37.5 Å². The summed E-state index contributed by atoms with van der Waals surface area (Å²) in [6.07, 6.45) is -1.17. The number of nitrogens with one attached hydrogen (secondary N) is 1. The number of benzene rings is 1. The molecule has 10 heteroatoms. The smallest absolute Gasteiger partial charge is 0.433 e. The fourth-order valence-electron chi connectivity index (χ4n) is 3.32. The average molecular weight is 488 g/mol. The van der Waals surface area contributed by atoms with Crippen molar-refractivity contribution in [1.82, 2.24) is 15.3 Å². The molecule has 0 aliphatic heterocycles. The van der Waals surface area contributed by atoms with Crippen molar-refractivity contribution in [2.45, 2.75) is 26.3 Å². The molecular weight excluding hydrogens is 467 g/mol. The molecule has 0 unspecified atom stereocenters. The standard InChI is InChI=1S/C24H20F3N3O3S/c1-14-17-4-6-20(24(25,26)27)30-23(17)34-21(14)22(31)29-12-16-3-5-18(19(11-16)32-2)33-13-15-7-9-28-10-8-15/h3-11H,12-13H2,1-2H3,(H,29,31). The molecule has 0 saturated heterocycles. The monoisotopic (exact) mass is 487 g/mol. The Morgan fingerprint density at radius 2 is 1.82 bits per heavy atom. The summed E-state index contributed by atoms with van der Waals surface area (Å²) in [5.74, 6) is 0.690. The van der Waals surface area contributed by atoms with Gasteiger partial charge in [0.15, 0.2) is 11.5 Å². The van der Waals surface area contributed by atoms with Crippen LogP contribution in [-0.2, 0) is 19.3 Å². The molecule has 0 radical (unpaired) electrons. The van der Waals surface area contributed by atoms with Gasteiger partial charge >= 0.3 is 6.18 Å². The molecule has 1 amide bonds. The zero-order valence-corrected chi connectivity index (χ0v) is 19.1. The van der Waals surface area contributed by atoms with Crippen LogP contribution in [0, 0.1) is 6.92 Å². The van der Waals surface area contributed by atoms with Gasteiger partial charge in [-0.3, -0.25) is 9.78 Å². The zero-order chi connectivity index (χ0) is 24.3. The second kappa shape index (κ2) is 9.68. The van der Waals surface area contributed by atoms with Crippen LogP contribution in [0.5, 0.6) is 11.5 Å². The molecule has 3 aromatic heterocycles. The quantitative estimate of drug-likeness (QED) is 0.371. The number of hydrogen-bond donors (Lipinski definition) is 1. The number of amides is 1. The molecule has 0 aliphatic carbocycles. The highest BCUT2D eigenvalue weighted by atomic mass is 32.1. The van der Waals surface area contributed by atoms with E-state index in [1.807, 2.05) is 12.1 Å². The summed E-state index contributed by atoms with van der Waals surface area (Å²) in [5.41, 5.74) is 1.35. The summed E-state index contributed by atoms with van der Waals surface area (Å²) in [6.45, 7) is 2.25. The van der Waals surface area contributed by atoms with Crippen molar-refractivity contribution in [3.8, 4) is 11.5 Å². The third-order valence-corrected chi connectivity index (χ3v) is 6.33. The molecule has 176 valence electrons. The fraction of sp³-hybridized carbons (Fsp3) is 0.208. The van der Waals surface area contributed by atoms with Crippen LogP contribution in [-0.4, -0.2) is 23.0 Å². The Hall–Kier alpha value is -3.66. The number of ether oxygens (including phenoxy) is 2. The minimum Gasteiger partial charge on any atom is -0.493 e. The Bertz CT molecular complexity index is 1320. The van der Waals surface area contributed by atoms with Crippen LogP contribution in [0.15, 0.2) is 54.9 Å². The number of methoxy groups -OCH3 is 1. The van der Waals surface area contributed by atoms with Crippen molar-refractivity contribution in [1.29, 1.82) is 0 Å². The van der Waals surface area contributed by atoms with Crippen LogP contribution in [0.25, 0.3) is 10.2 Å². The van der Waals surface area contributed by atoms with Gasteiger partial charge in [0.25, 0.3) is 5.91 Å². The van der Waals surface area contributed by atoms with Crippen molar-refractivity contribution in [2.75, 3.05) is 7.11 Å². The molecule has 6 nitrogen and oxygen atoms in total. The van der Waals surface area contributed by atoms with Crippen LogP contribution in [0.3, 0.4) is 0 Å². The molecule has 0 atom stereocenters. The summed E-state index contributed by atoms with van der Waals surface area (Å²) < 4.78 is 50.1. The second-order valence-corrected chi connectivity index (χ2v) is 8.41. The van der Waals surface area contributed by atoms with Gasteiger partial charge in [-0.15, -0.1) is 11.3 Å². The van der Waals surface area contributed by atoms with Gasteiger partial charge in [0.1, 0.15) is 17.1 Å². The van der Waals surface area contributed by atoms with Crippen molar-refractivity contribution < 1.29 is 27.4 Å². The first-order chi connectivity index (χ1) is 16.3. The molecule has 1 aromatic carbocycles. The third-order valence-electron chi connectivity index (χ3n) is 5.13. The molecule has 3 heterocycles. The number of aryl methyl sites for hydroxylation is 1. The second-order valence-electron chi connectivity index (χ2n) is 7.42. The Morgan fingerprint density at radius 1 is 1.06 bits per heavy atom. The van der Waals surface area contributed by atoms with Gasteiger partial charge in [0.05, 0.1) is 12.0 Å². The number of alkyl halides is 3. The maximum absolute atomic E-state index is 13.0. The maximum Gasteiger partial charge on any atom is 0.433 e. The van der Waals surface area contributed by atoms with Gasteiger partial charge in [-0.2, -0.15) is 13.2 Å². The van der Waals surface area contributed by atoms with E-state index in [9.17, 15) is 18.0 Å². The van der Waals surface area contributed by atoms with Gasteiger partial charge in [0, 0.05) is 24.3 Å². The van der Waals surface area contributed by atoms with E-state index < -0.39 is 11.9 Å². The first-order valence-corrected chi connectivity index (χ1v) is 11.0. The number of halogens is 3. The Morgan fingerprint density at radius 3 is 2.53 bits per heavy atom. The summed E-state index contributed by atoms with van der Waals surface area (Å²) in [7, 11) is 1.53. The number of thiophene rings is 1. The Kier molecular flexibility index (Phi) is 6.69. The normalized spacial score (nSPS) is 11.4. The number of carbonyl (C=O) groups is 1. The van der Waals surface area contributed by atoms with E-state index in [1.165, 1.54) is 13.2 Å². The number of aromatic nitrogens is 2. The number of carbonyl (C=O) groups excluding carboxylic acids is 1. The van der Waals surface area contributed by atoms with Crippen LogP contribution in [0.1, 0.15) is 32.1 Å². The van der Waals surface area contributed by atoms with Crippen LogP contribution in [0.2, 0.25) is 0 Å². The van der Waals surface area contributed by atoms with Crippen molar-refractivity contribution in [3.05, 3.63) is 82.1 Å². The molecule has 0 spiro atoms. The fourth-order valence-corrected chi connectivity index (χ4v) is 4.41. The van der Waals surface area contributed by atoms with E-state index in [-0.39, 0.29) is 17.3 Å². The largest absolute Gasteiger partial charge is 0.493 e.